The van der Waals surface area contributed by atoms with Gasteiger partial charge in [0.25, 0.3) is 0 Å². The molecular formula is C8H13Cl2N3O2. The molecule has 1 heterocycles. The van der Waals surface area contributed by atoms with Gasteiger partial charge in [0.05, 0.1) is 7.11 Å². The Morgan fingerprint density at radius 3 is 2.47 bits per heavy atom. The lowest BCUT2D eigenvalue weighted by atomic mass is 10.1. The van der Waals surface area contributed by atoms with Crippen LogP contribution in [-0.4, -0.2) is 29.1 Å². The topological polar surface area (TPSA) is 78.1 Å². The van der Waals surface area contributed by atoms with E-state index in [1.54, 1.807) is 12.4 Å². The Bertz CT molecular complexity index is 284. The molecule has 0 amide bonds. The highest BCUT2D eigenvalue weighted by Crippen LogP contribution is 1.98. The molecule has 0 aliphatic rings. The predicted octanol–water partition coefficient (Wildman–Crippen LogP) is 0.363. The number of hydrogen-bond acceptors (Lipinski definition) is 5. The Kier molecular flexibility index (Phi) is 9.25. The number of ether oxygens (including phenoxy) is 1. The van der Waals surface area contributed by atoms with Crippen LogP contribution in [0.5, 0.6) is 0 Å². The van der Waals surface area contributed by atoms with E-state index in [-0.39, 0.29) is 24.8 Å². The first-order valence-corrected chi connectivity index (χ1v) is 3.81. The Labute approximate surface area is 100 Å². The second-order valence-corrected chi connectivity index (χ2v) is 2.58. The summed E-state index contributed by atoms with van der Waals surface area (Å²) in [6, 6.07) is -0.643. The maximum absolute atomic E-state index is 10.9. The van der Waals surface area contributed by atoms with E-state index in [1.165, 1.54) is 13.4 Å². The first kappa shape index (κ1) is 16.5. The summed E-state index contributed by atoms with van der Waals surface area (Å²) in [4.78, 5) is 18.5. The lowest BCUT2D eigenvalue weighted by molar-refractivity contribution is -0.142. The molecule has 0 bridgehead atoms. The van der Waals surface area contributed by atoms with Gasteiger partial charge in [0.1, 0.15) is 12.4 Å². The van der Waals surface area contributed by atoms with Gasteiger partial charge < -0.3 is 10.5 Å². The van der Waals surface area contributed by atoms with E-state index >= 15 is 0 Å². The number of halogens is 2. The molecule has 7 heteroatoms. The van der Waals surface area contributed by atoms with Crippen LogP contribution in [0.4, 0.5) is 0 Å². The van der Waals surface area contributed by atoms with Crippen molar-refractivity contribution in [1.82, 2.24) is 9.97 Å². The van der Waals surface area contributed by atoms with Crippen LogP contribution in [0.15, 0.2) is 18.7 Å². The molecule has 86 valence electrons. The molecule has 5 nitrogen and oxygen atoms in total. The molecule has 2 N–H and O–H groups in total. The summed E-state index contributed by atoms with van der Waals surface area (Å²) in [5, 5.41) is 0. The zero-order valence-corrected chi connectivity index (χ0v) is 9.75. The van der Waals surface area contributed by atoms with Gasteiger partial charge in [-0.15, -0.1) is 24.8 Å². The van der Waals surface area contributed by atoms with E-state index in [1.807, 2.05) is 0 Å². The fourth-order valence-corrected chi connectivity index (χ4v) is 0.924. The van der Waals surface area contributed by atoms with Crippen molar-refractivity contribution in [3.8, 4) is 0 Å². The Balaban J connectivity index is 0. The average molecular weight is 254 g/mol. The molecular weight excluding hydrogens is 241 g/mol. The van der Waals surface area contributed by atoms with Crippen LogP contribution >= 0.6 is 24.8 Å². The molecule has 0 aliphatic carbocycles. The summed E-state index contributed by atoms with van der Waals surface area (Å²) in [5.74, 6) is -0.427. The number of esters is 1. The molecule has 0 aliphatic heterocycles. The number of carbonyl (C=O) groups excluding carboxylic acids is 1. The maximum Gasteiger partial charge on any atom is 0.322 e. The zero-order valence-electron chi connectivity index (χ0n) is 8.12. The number of hydrogen-bond donors (Lipinski definition) is 1. The zero-order chi connectivity index (χ0) is 9.68. The summed E-state index contributed by atoms with van der Waals surface area (Å²) in [7, 11) is 1.31. The minimum absolute atomic E-state index is 0. The van der Waals surface area contributed by atoms with Crippen LogP contribution in [0.1, 0.15) is 5.56 Å². The van der Waals surface area contributed by atoms with E-state index in [4.69, 9.17) is 5.73 Å². The minimum atomic E-state index is -0.643. The smallest absolute Gasteiger partial charge is 0.322 e. The average Bonchev–Trinajstić information content (AvgIpc) is 2.18. The molecule has 1 aromatic heterocycles. The molecule has 15 heavy (non-hydrogen) atoms. The number of nitrogens with zero attached hydrogens (tertiary/aromatic N) is 2. The van der Waals surface area contributed by atoms with Crippen molar-refractivity contribution < 1.29 is 9.53 Å². The first-order chi connectivity index (χ1) is 6.24. The lowest BCUT2D eigenvalue weighted by Crippen LogP contribution is -2.33. The van der Waals surface area contributed by atoms with E-state index in [9.17, 15) is 4.79 Å². The Morgan fingerprint density at radius 2 is 2.00 bits per heavy atom. The molecule has 0 aromatic carbocycles. The van der Waals surface area contributed by atoms with Crippen molar-refractivity contribution in [2.75, 3.05) is 7.11 Å². The number of methoxy groups -OCH3 is 1. The second-order valence-electron chi connectivity index (χ2n) is 2.58. The van der Waals surface area contributed by atoms with E-state index in [0.717, 1.165) is 5.56 Å². The number of nitrogens with two attached hydrogens (primary N) is 1. The first-order valence-electron chi connectivity index (χ1n) is 3.81. The monoisotopic (exact) mass is 253 g/mol. The van der Waals surface area contributed by atoms with Crippen molar-refractivity contribution in [3.05, 3.63) is 24.3 Å². The van der Waals surface area contributed by atoms with E-state index < -0.39 is 12.0 Å². The van der Waals surface area contributed by atoms with Crippen molar-refractivity contribution in [3.63, 3.8) is 0 Å². The number of carbonyl (C=O) groups is 1. The van der Waals surface area contributed by atoms with E-state index in [2.05, 4.69) is 14.7 Å². The van der Waals surface area contributed by atoms with Gasteiger partial charge in [-0.2, -0.15) is 0 Å². The highest BCUT2D eigenvalue weighted by molar-refractivity contribution is 5.85. The van der Waals surface area contributed by atoms with Gasteiger partial charge in [0, 0.05) is 18.8 Å². The highest BCUT2D eigenvalue weighted by atomic mass is 35.5. The third-order valence-electron chi connectivity index (χ3n) is 1.57. The van der Waals surface area contributed by atoms with Crippen molar-refractivity contribution in [2.45, 2.75) is 12.5 Å². The maximum atomic E-state index is 10.9. The fourth-order valence-electron chi connectivity index (χ4n) is 0.924. The third-order valence-corrected chi connectivity index (χ3v) is 1.57. The Morgan fingerprint density at radius 1 is 1.47 bits per heavy atom. The molecule has 0 saturated carbocycles. The second kappa shape index (κ2) is 8.40. The standard InChI is InChI=1S/C8H11N3O2.2ClH/c1-13-8(12)7(9)2-6-3-10-5-11-4-6;;/h3-5,7H,2,9H2,1H3;2*1H/t7-;;/m1../s1. The normalized spacial score (nSPS) is 10.5. The van der Waals surface area contributed by atoms with Crippen molar-refractivity contribution >= 4 is 30.8 Å². The molecule has 0 saturated heterocycles. The van der Waals surface area contributed by atoms with Crippen LogP contribution in [0.2, 0.25) is 0 Å². The van der Waals surface area contributed by atoms with Gasteiger partial charge >= 0.3 is 5.97 Å². The van der Waals surface area contributed by atoms with Gasteiger partial charge in [0.2, 0.25) is 0 Å². The van der Waals surface area contributed by atoms with Gasteiger partial charge in [-0.25, -0.2) is 9.97 Å². The largest absolute Gasteiger partial charge is 0.468 e. The lowest BCUT2D eigenvalue weighted by Gasteiger charge is -2.07. The number of aromatic nitrogens is 2. The van der Waals surface area contributed by atoms with Crippen LogP contribution in [0.25, 0.3) is 0 Å². The Hall–Kier alpha value is -0.910. The van der Waals surface area contributed by atoms with Crippen LogP contribution in [0, 0.1) is 0 Å². The molecule has 0 fully saturated rings. The third kappa shape index (κ3) is 5.51. The quantitative estimate of drug-likeness (QED) is 0.788. The van der Waals surface area contributed by atoms with Gasteiger partial charge in [0.15, 0.2) is 0 Å². The van der Waals surface area contributed by atoms with Crippen LogP contribution in [-0.2, 0) is 16.0 Å². The van der Waals surface area contributed by atoms with Crippen LogP contribution in [0.3, 0.4) is 0 Å². The molecule has 0 radical (unpaired) electrons. The minimum Gasteiger partial charge on any atom is -0.468 e. The number of rotatable bonds is 3. The SMILES string of the molecule is COC(=O)[C@H](N)Cc1cncnc1.Cl.Cl. The summed E-state index contributed by atoms with van der Waals surface area (Å²) < 4.78 is 4.48. The summed E-state index contributed by atoms with van der Waals surface area (Å²) in [5.41, 5.74) is 6.35. The summed E-state index contributed by atoms with van der Waals surface area (Å²) >= 11 is 0. The van der Waals surface area contributed by atoms with Crippen molar-refractivity contribution in [2.24, 2.45) is 5.73 Å². The van der Waals surface area contributed by atoms with Gasteiger partial charge in [-0.05, 0) is 5.56 Å². The molecule has 1 aromatic rings. The molecule has 0 spiro atoms. The highest BCUT2D eigenvalue weighted by Gasteiger charge is 2.13. The molecule has 1 rings (SSSR count). The van der Waals surface area contributed by atoms with Crippen LogP contribution < -0.4 is 5.73 Å². The molecule has 0 unspecified atom stereocenters. The summed E-state index contributed by atoms with van der Waals surface area (Å²) in [6.07, 6.45) is 5.06. The van der Waals surface area contributed by atoms with Crippen molar-refractivity contribution in [1.29, 1.82) is 0 Å². The summed E-state index contributed by atoms with van der Waals surface area (Å²) in [6.45, 7) is 0. The van der Waals surface area contributed by atoms with Gasteiger partial charge in [-0.3, -0.25) is 4.79 Å². The van der Waals surface area contributed by atoms with Gasteiger partial charge in [-0.1, -0.05) is 0 Å². The molecule has 1 atom stereocenters. The predicted molar refractivity (Wildman–Crippen MR) is 60.2 cm³/mol. The van der Waals surface area contributed by atoms with E-state index in [0.29, 0.717) is 6.42 Å². The fraction of sp³-hybridized carbons (Fsp3) is 0.375.